The molecule has 0 unspecified atom stereocenters. The molecule has 4 aromatic rings. The van der Waals surface area contributed by atoms with Gasteiger partial charge in [0, 0.05) is 24.1 Å². The van der Waals surface area contributed by atoms with E-state index in [1.165, 1.54) is 26.9 Å². The van der Waals surface area contributed by atoms with E-state index in [-0.39, 0.29) is 5.04 Å². The van der Waals surface area contributed by atoms with Crippen molar-refractivity contribution in [3.8, 4) is 0 Å². The minimum atomic E-state index is -2.47. The minimum absolute atomic E-state index is 0.0137. The first-order valence-corrected chi connectivity index (χ1v) is 13.7. The number of rotatable bonds is 6. The smallest absolute Gasteiger partial charge is 0.261 e. The van der Waals surface area contributed by atoms with Crippen LogP contribution in [-0.2, 0) is 4.43 Å². The predicted octanol–water partition coefficient (Wildman–Crippen LogP) is 6.21. The van der Waals surface area contributed by atoms with Crippen molar-refractivity contribution >= 4 is 35.7 Å². The third kappa shape index (κ3) is 4.31. The number of fused-ring (bicyclic) bond motifs is 1. The van der Waals surface area contributed by atoms with Gasteiger partial charge in [0.2, 0.25) is 0 Å². The van der Waals surface area contributed by atoms with E-state index in [1.54, 1.807) is 0 Å². The van der Waals surface area contributed by atoms with Gasteiger partial charge in [-0.1, -0.05) is 105 Å². The van der Waals surface area contributed by atoms with Gasteiger partial charge in [-0.2, -0.15) is 0 Å². The maximum atomic E-state index is 7.12. The van der Waals surface area contributed by atoms with Gasteiger partial charge >= 0.3 is 0 Å². The second kappa shape index (κ2) is 8.73. The molecule has 166 valence electrons. The lowest BCUT2D eigenvalue weighted by molar-refractivity contribution is 0.285. The Morgan fingerprint density at radius 3 is 2.18 bits per heavy atom. The van der Waals surface area contributed by atoms with Crippen LogP contribution >= 0.6 is 0 Å². The fourth-order valence-electron chi connectivity index (χ4n) is 4.95. The highest BCUT2D eigenvalue weighted by Crippen LogP contribution is 2.43. The summed E-state index contributed by atoms with van der Waals surface area (Å²) in [7, 11) is -2.47. The Labute approximate surface area is 198 Å². The van der Waals surface area contributed by atoms with E-state index in [9.17, 15) is 0 Å². The molecule has 0 saturated heterocycles. The Bertz CT molecular complexity index is 1240. The van der Waals surface area contributed by atoms with Crippen LogP contribution in [-0.4, -0.2) is 19.9 Å². The molecule has 3 aromatic carbocycles. The van der Waals surface area contributed by atoms with Crippen LogP contribution in [0.15, 0.2) is 103 Å². The standard InChI is InChI=1S/C30H31NOSi/c1-30(2,3)33(27-12-6-4-7-13-27,28-14-8-5-9-15-28)32-22-26-21-25(26)20-23-16-17-29-24(19-23)11-10-18-31-29/h4-20,26H,21-22H2,1-3H3/b25-20-/t26-/m0/s1. The SMILES string of the molecule is CC(C)(C)[Si](OC[C@@H]1C/C1=C/c1ccc2ncccc2c1)(c1ccccc1)c1ccccc1. The summed E-state index contributed by atoms with van der Waals surface area (Å²) in [5.74, 6) is 0.497. The highest BCUT2D eigenvalue weighted by molar-refractivity contribution is 6.99. The molecule has 1 aliphatic carbocycles. The number of nitrogens with zero attached hydrogens (tertiary/aromatic N) is 1. The average molecular weight is 450 g/mol. The van der Waals surface area contributed by atoms with E-state index in [1.807, 2.05) is 12.3 Å². The van der Waals surface area contributed by atoms with Gasteiger partial charge in [-0.05, 0) is 45.6 Å². The van der Waals surface area contributed by atoms with Crippen molar-refractivity contribution in [3.05, 3.63) is 108 Å². The summed E-state index contributed by atoms with van der Waals surface area (Å²) in [6.07, 6.45) is 5.30. The lowest BCUT2D eigenvalue weighted by Gasteiger charge is -2.43. The second-order valence-corrected chi connectivity index (χ2v) is 14.4. The molecule has 1 heterocycles. The molecule has 1 atom stereocenters. The third-order valence-corrected chi connectivity index (χ3v) is 11.7. The van der Waals surface area contributed by atoms with Crippen molar-refractivity contribution in [2.24, 2.45) is 5.92 Å². The Morgan fingerprint density at radius 2 is 1.55 bits per heavy atom. The molecule has 2 nitrogen and oxygen atoms in total. The molecule has 3 heteroatoms. The van der Waals surface area contributed by atoms with Gasteiger partial charge < -0.3 is 4.43 Å². The summed E-state index contributed by atoms with van der Waals surface area (Å²) in [4.78, 5) is 4.43. The Morgan fingerprint density at radius 1 is 0.879 bits per heavy atom. The quantitative estimate of drug-likeness (QED) is 0.326. The van der Waals surface area contributed by atoms with Crippen LogP contribution in [0.2, 0.25) is 5.04 Å². The average Bonchev–Trinajstić information content (AvgIpc) is 3.57. The maximum absolute atomic E-state index is 7.12. The summed E-state index contributed by atoms with van der Waals surface area (Å²) in [6.45, 7) is 7.79. The normalized spacial score (nSPS) is 17.4. The first-order chi connectivity index (χ1) is 16.0. The maximum Gasteiger partial charge on any atom is 0.261 e. The Kier molecular flexibility index (Phi) is 5.77. The molecule has 0 radical (unpaired) electrons. The van der Waals surface area contributed by atoms with E-state index in [4.69, 9.17) is 4.43 Å². The minimum Gasteiger partial charge on any atom is -0.407 e. The molecule has 0 spiro atoms. The highest BCUT2D eigenvalue weighted by Gasteiger charge is 2.51. The molecule has 0 bridgehead atoms. The van der Waals surface area contributed by atoms with Crippen LogP contribution in [0, 0.1) is 5.92 Å². The lowest BCUT2D eigenvalue weighted by Crippen LogP contribution is -2.66. The van der Waals surface area contributed by atoms with Crippen LogP contribution < -0.4 is 10.4 Å². The van der Waals surface area contributed by atoms with E-state index in [0.29, 0.717) is 5.92 Å². The molecule has 0 N–H and O–H groups in total. The lowest BCUT2D eigenvalue weighted by atomic mass is 10.1. The topological polar surface area (TPSA) is 22.1 Å². The zero-order chi connectivity index (χ0) is 22.9. The van der Waals surface area contributed by atoms with Gasteiger partial charge in [-0.15, -0.1) is 0 Å². The van der Waals surface area contributed by atoms with Crippen molar-refractivity contribution in [1.29, 1.82) is 0 Å². The first-order valence-electron chi connectivity index (χ1n) is 11.8. The summed E-state index contributed by atoms with van der Waals surface area (Å²) in [5, 5.41) is 3.89. The molecular weight excluding hydrogens is 418 g/mol. The predicted molar refractivity (Wildman–Crippen MR) is 141 cm³/mol. The molecule has 1 aliphatic rings. The van der Waals surface area contributed by atoms with Gasteiger partial charge in [0.1, 0.15) is 0 Å². The van der Waals surface area contributed by atoms with Gasteiger partial charge in [0.25, 0.3) is 8.32 Å². The number of hydrogen-bond donors (Lipinski definition) is 0. The van der Waals surface area contributed by atoms with Gasteiger partial charge in [-0.25, -0.2) is 0 Å². The van der Waals surface area contributed by atoms with Gasteiger partial charge in [-0.3, -0.25) is 4.98 Å². The van der Waals surface area contributed by atoms with E-state index < -0.39 is 8.32 Å². The molecular formula is C30H31NOSi. The first kappa shape index (κ1) is 21.8. The fourth-order valence-corrected chi connectivity index (χ4v) is 9.56. The Hall–Kier alpha value is -3.01. The van der Waals surface area contributed by atoms with Crippen LogP contribution in [0.25, 0.3) is 17.0 Å². The number of hydrogen-bond acceptors (Lipinski definition) is 2. The molecule has 0 aliphatic heterocycles. The monoisotopic (exact) mass is 449 g/mol. The van der Waals surface area contributed by atoms with Crippen LogP contribution in [0.3, 0.4) is 0 Å². The summed E-state index contributed by atoms with van der Waals surface area (Å²) >= 11 is 0. The van der Waals surface area contributed by atoms with Crippen LogP contribution in [0.5, 0.6) is 0 Å². The van der Waals surface area contributed by atoms with E-state index >= 15 is 0 Å². The third-order valence-electron chi connectivity index (χ3n) is 6.74. The molecule has 1 aromatic heterocycles. The molecule has 33 heavy (non-hydrogen) atoms. The number of aromatic nitrogens is 1. The fraction of sp³-hybridized carbons (Fsp3) is 0.233. The zero-order valence-electron chi connectivity index (χ0n) is 19.7. The number of benzene rings is 3. The van der Waals surface area contributed by atoms with Crippen molar-refractivity contribution in [2.45, 2.75) is 32.2 Å². The van der Waals surface area contributed by atoms with Crippen molar-refractivity contribution in [3.63, 3.8) is 0 Å². The summed E-state index contributed by atoms with van der Waals surface area (Å²) in [6, 6.07) is 32.4. The summed E-state index contributed by atoms with van der Waals surface area (Å²) in [5.41, 5.74) is 3.77. The van der Waals surface area contributed by atoms with E-state index in [0.717, 1.165) is 18.5 Å². The summed E-state index contributed by atoms with van der Waals surface area (Å²) < 4.78 is 7.12. The zero-order valence-corrected chi connectivity index (χ0v) is 20.7. The number of pyridine rings is 1. The van der Waals surface area contributed by atoms with E-state index in [2.05, 4.69) is 117 Å². The van der Waals surface area contributed by atoms with Crippen LogP contribution in [0.1, 0.15) is 32.8 Å². The molecule has 1 saturated carbocycles. The second-order valence-electron chi connectivity index (χ2n) is 10.1. The van der Waals surface area contributed by atoms with Crippen molar-refractivity contribution in [1.82, 2.24) is 4.98 Å². The molecule has 1 fully saturated rings. The van der Waals surface area contributed by atoms with Gasteiger partial charge in [0.05, 0.1) is 5.52 Å². The molecule has 0 amide bonds. The van der Waals surface area contributed by atoms with Gasteiger partial charge in [0.15, 0.2) is 0 Å². The largest absolute Gasteiger partial charge is 0.407 e. The Balaban J connectivity index is 1.42. The van der Waals surface area contributed by atoms with Crippen molar-refractivity contribution < 1.29 is 4.43 Å². The highest BCUT2D eigenvalue weighted by atomic mass is 28.4. The van der Waals surface area contributed by atoms with Crippen molar-refractivity contribution in [2.75, 3.05) is 6.61 Å². The molecule has 5 rings (SSSR count). The van der Waals surface area contributed by atoms with Crippen LogP contribution in [0.4, 0.5) is 0 Å².